The van der Waals surface area contributed by atoms with E-state index in [1.54, 1.807) is 31.5 Å². The number of unbranched alkanes of at least 4 members (excludes halogenated alkanes) is 1. The van der Waals surface area contributed by atoms with Crippen LogP contribution in [0.2, 0.25) is 0 Å². The van der Waals surface area contributed by atoms with Gasteiger partial charge in [0.25, 0.3) is 0 Å². The zero-order valence-electron chi connectivity index (χ0n) is 12.1. The lowest BCUT2D eigenvalue weighted by Gasteiger charge is -2.17. The number of carbonyl (C=O) groups excluding carboxylic acids is 2. The summed E-state index contributed by atoms with van der Waals surface area (Å²) in [5, 5.41) is 0. The molecule has 0 fully saturated rings. The molecule has 0 amide bonds. The molecule has 0 atom stereocenters. The van der Waals surface area contributed by atoms with E-state index >= 15 is 0 Å². The Bertz CT molecular complexity index is 444. The lowest BCUT2D eigenvalue weighted by atomic mass is 9.98. The molecule has 1 aromatic heterocycles. The average Bonchev–Trinajstić information content (AvgIpc) is 2.74. The van der Waals surface area contributed by atoms with Crippen molar-refractivity contribution in [3.8, 4) is 0 Å². The Morgan fingerprint density at radius 2 is 2.16 bits per heavy atom. The van der Waals surface area contributed by atoms with E-state index in [-0.39, 0.29) is 12.7 Å². The molecule has 5 heteroatoms. The van der Waals surface area contributed by atoms with Crippen LogP contribution in [0.3, 0.4) is 0 Å². The molecule has 0 saturated carbocycles. The fourth-order valence-corrected chi connectivity index (χ4v) is 1.52. The van der Waals surface area contributed by atoms with Crippen molar-refractivity contribution in [2.75, 3.05) is 0 Å². The minimum atomic E-state index is -0.530. The average molecular weight is 266 g/mol. The number of aryl methyl sites for hydroxylation is 1. The molecular weight excluding hydrogens is 244 g/mol. The summed E-state index contributed by atoms with van der Waals surface area (Å²) < 4.78 is 6.96. The third-order valence-electron chi connectivity index (χ3n) is 2.70. The molecule has 0 aliphatic carbocycles. The fraction of sp³-hybridized carbons (Fsp3) is 0.643. The zero-order chi connectivity index (χ0) is 14.5. The van der Waals surface area contributed by atoms with E-state index in [0.717, 1.165) is 25.1 Å². The zero-order valence-corrected chi connectivity index (χ0v) is 12.1. The van der Waals surface area contributed by atoms with Gasteiger partial charge < -0.3 is 9.30 Å². The van der Waals surface area contributed by atoms with Crippen LogP contribution in [0.1, 0.15) is 56.8 Å². The van der Waals surface area contributed by atoms with Crippen molar-refractivity contribution in [3.63, 3.8) is 0 Å². The number of esters is 1. The smallest absolute Gasteiger partial charge is 0.312 e. The van der Waals surface area contributed by atoms with Crippen molar-refractivity contribution in [2.45, 2.75) is 53.7 Å². The Morgan fingerprint density at radius 1 is 1.47 bits per heavy atom. The number of aldehydes is 1. The number of hydrogen-bond acceptors (Lipinski definition) is 4. The van der Waals surface area contributed by atoms with Gasteiger partial charge in [0.1, 0.15) is 11.5 Å². The second-order valence-corrected chi connectivity index (χ2v) is 5.58. The number of carbonyl (C=O) groups is 2. The first-order valence-corrected chi connectivity index (χ1v) is 6.57. The van der Waals surface area contributed by atoms with Gasteiger partial charge in [-0.25, -0.2) is 4.98 Å². The summed E-state index contributed by atoms with van der Waals surface area (Å²) in [4.78, 5) is 26.7. The van der Waals surface area contributed by atoms with E-state index in [9.17, 15) is 9.59 Å². The molecule has 1 rings (SSSR count). The summed E-state index contributed by atoms with van der Waals surface area (Å²) in [7, 11) is 0. The Morgan fingerprint density at radius 3 is 2.68 bits per heavy atom. The standard InChI is InChI=1S/C14H22N2O3/c1-5-6-7-12-15-11(9-17)8-16(12)10-19-13(18)14(2,3)4/h8-9H,5-7,10H2,1-4H3. The second kappa shape index (κ2) is 6.50. The van der Waals surface area contributed by atoms with E-state index in [1.165, 1.54) is 0 Å². The Hall–Kier alpha value is -1.65. The van der Waals surface area contributed by atoms with Crippen LogP contribution in [0, 0.1) is 5.41 Å². The van der Waals surface area contributed by atoms with Crippen LogP contribution in [0.5, 0.6) is 0 Å². The van der Waals surface area contributed by atoms with Gasteiger partial charge >= 0.3 is 5.97 Å². The number of nitrogens with zero attached hydrogens (tertiary/aromatic N) is 2. The van der Waals surface area contributed by atoms with Gasteiger partial charge in [0.05, 0.1) is 5.41 Å². The van der Waals surface area contributed by atoms with E-state index in [0.29, 0.717) is 12.0 Å². The van der Waals surface area contributed by atoms with Crippen LogP contribution in [0.4, 0.5) is 0 Å². The molecular formula is C14H22N2O3. The fourth-order valence-electron chi connectivity index (χ4n) is 1.52. The van der Waals surface area contributed by atoms with Crippen LogP contribution < -0.4 is 0 Å². The van der Waals surface area contributed by atoms with Gasteiger partial charge in [0.15, 0.2) is 13.0 Å². The lowest BCUT2D eigenvalue weighted by molar-refractivity contribution is -0.157. The molecule has 0 spiro atoms. The van der Waals surface area contributed by atoms with Crippen molar-refractivity contribution in [3.05, 3.63) is 17.7 Å². The molecule has 0 aliphatic rings. The van der Waals surface area contributed by atoms with Gasteiger partial charge in [0.2, 0.25) is 0 Å². The second-order valence-electron chi connectivity index (χ2n) is 5.58. The Labute approximate surface area is 114 Å². The molecule has 5 nitrogen and oxygen atoms in total. The number of ether oxygens (including phenoxy) is 1. The largest absolute Gasteiger partial charge is 0.443 e. The topological polar surface area (TPSA) is 61.2 Å². The van der Waals surface area contributed by atoms with Crippen LogP contribution in [-0.2, 0) is 22.7 Å². The van der Waals surface area contributed by atoms with Crippen LogP contribution in [-0.4, -0.2) is 21.8 Å². The normalized spacial score (nSPS) is 11.4. The van der Waals surface area contributed by atoms with Crippen LogP contribution in [0.15, 0.2) is 6.20 Å². The summed E-state index contributed by atoms with van der Waals surface area (Å²) in [5.74, 6) is 0.515. The molecule has 106 valence electrons. The van der Waals surface area contributed by atoms with Gasteiger partial charge in [-0.3, -0.25) is 9.59 Å². The first kappa shape index (κ1) is 15.4. The molecule has 0 N–H and O–H groups in total. The Balaban J connectivity index is 2.73. The van der Waals surface area contributed by atoms with Crippen LogP contribution in [0.25, 0.3) is 0 Å². The first-order valence-electron chi connectivity index (χ1n) is 6.57. The summed E-state index contributed by atoms with van der Waals surface area (Å²) in [5.41, 5.74) is -0.157. The molecule has 0 unspecified atom stereocenters. The highest BCUT2D eigenvalue weighted by Crippen LogP contribution is 2.16. The van der Waals surface area contributed by atoms with E-state index < -0.39 is 5.41 Å². The predicted molar refractivity (Wildman–Crippen MR) is 71.8 cm³/mol. The molecule has 19 heavy (non-hydrogen) atoms. The van der Waals surface area contributed by atoms with Gasteiger partial charge in [-0.2, -0.15) is 0 Å². The SMILES string of the molecule is CCCCc1nc(C=O)cn1COC(=O)C(C)(C)C. The quantitative estimate of drug-likeness (QED) is 0.586. The number of hydrogen-bond donors (Lipinski definition) is 0. The van der Waals surface area contributed by atoms with Gasteiger partial charge in [0, 0.05) is 12.6 Å². The number of rotatable bonds is 6. The molecule has 1 heterocycles. The summed E-state index contributed by atoms with van der Waals surface area (Å²) >= 11 is 0. The number of aromatic nitrogens is 2. The highest BCUT2D eigenvalue weighted by Gasteiger charge is 2.23. The van der Waals surface area contributed by atoms with Crippen LogP contribution >= 0.6 is 0 Å². The maximum atomic E-state index is 11.7. The van der Waals surface area contributed by atoms with Crippen molar-refractivity contribution in [2.24, 2.45) is 5.41 Å². The lowest BCUT2D eigenvalue weighted by Crippen LogP contribution is -2.24. The summed E-state index contributed by atoms with van der Waals surface area (Å²) in [6, 6.07) is 0. The van der Waals surface area contributed by atoms with Crippen molar-refractivity contribution in [1.29, 1.82) is 0 Å². The molecule has 0 bridgehead atoms. The van der Waals surface area contributed by atoms with Crippen molar-refractivity contribution < 1.29 is 14.3 Å². The third-order valence-corrected chi connectivity index (χ3v) is 2.70. The highest BCUT2D eigenvalue weighted by molar-refractivity contribution is 5.75. The predicted octanol–water partition coefficient (Wildman–Crippen LogP) is 2.59. The maximum Gasteiger partial charge on any atom is 0.312 e. The summed E-state index contributed by atoms with van der Waals surface area (Å²) in [6.07, 6.45) is 5.14. The molecule has 0 radical (unpaired) electrons. The minimum absolute atomic E-state index is 0.107. The maximum absolute atomic E-state index is 11.7. The Kier molecular flexibility index (Phi) is 5.27. The first-order chi connectivity index (χ1) is 8.88. The van der Waals surface area contributed by atoms with Crippen molar-refractivity contribution >= 4 is 12.3 Å². The van der Waals surface area contributed by atoms with E-state index in [4.69, 9.17) is 4.74 Å². The van der Waals surface area contributed by atoms with Gasteiger partial charge in [-0.05, 0) is 27.2 Å². The van der Waals surface area contributed by atoms with Gasteiger partial charge in [-0.1, -0.05) is 13.3 Å². The third kappa shape index (κ3) is 4.50. The molecule has 0 aromatic carbocycles. The molecule has 0 saturated heterocycles. The number of imidazole rings is 1. The summed E-state index contributed by atoms with van der Waals surface area (Å²) in [6.45, 7) is 7.61. The molecule has 1 aromatic rings. The highest BCUT2D eigenvalue weighted by atomic mass is 16.5. The van der Waals surface area contributed by atoms with Gasteiger partial charge in [-0.15, -0.1) is 0 Å². The minimum Gasteiger partial charge on any atom is -0.443 e. The monoisotopic (exact) mass is 266 g/mol. The molecule has 0 aliphatic heterocycles. The van der Waals surface area contributed by atoms with Crippen molar-refractivity contribution in [1.82, 2.24) is 9.55 Å². The van der Waals surface area contributed by atoms with E-state index in [2.05, 4.69) is 11.9 Å². The van der Waals surface area contributed by atoms with E-state index in [1.807, 2.05) is 0 Å².